The van der Waals surface area contributed by atoms with E-state index in [1.807, 2.05) is 0 Å². The predicted octanol–water partition coefficient (Wildman–Crippen LogP) is 7.42. The number of ether oxygens (including phenoxy) is 2. The van der Waals surface area contributed by atoms with Gasteiger partial charge in [-0.15, -0.1) is 11.8 Å². The lowest BCUT2D eigenvalue weighted by atomic mass is 10.1. The first-order chi connectivity index (χ1) is 23.2. The minimum absolute atomic E-state index is 0.161. The minimum Gasteiger partial charge on any atom is -0.493 e. The summed E-state index contributed by atoms with van der Waals surface area (Å²) in [7, 11) is 2.84. The summed E-state index contributed by atoms with van der Waals surface area (Å²) >= 11 is 0.793. The highest BCUT2D eigenvalue weighted by molar-refractivity contribution is 8.00. The summed E-state index contributed by atoms with van der Waals surface area (Å²) in [5.74, 6) is -12.6. The van der Waals surface area contributed by atoms with Gasteiger partial charge >= 0.3 is 6.18 Å². The smallest absolute Gasteiger partial charge is 0.422 e. The van der Waals surface area contributed by atoms with E-state index >= 15 is 0 Å². The van der Waals surface area contributed by atoms with Gasteiger partial charge in [-0.05, 0) is 48.5 Å². The third-order valence-corrected chi connectivity index (χ3v) is 7.57. The molecule has 0 radical (unpaired) electrons. The number of carbonyl (C=O) groups is 3. The van der Waals surface area contributed by atoms with Crippen LogP contribution in [-0.4, -0.2) is 37.7 Å². The van der Waals surface area contributed by atoms with Crippen LogP contribution in [0.3, 0.4) is 0 Å². The zero-order chi connectivity index (χ0) is 35.9. The van der Waals surface area contributed by atoms with Crippen LogP contribution in [0.1, 0.15) is 21.5 Å². The number of amides is 3. The zero-order valence-corrected chi connectivity index (χ0v) is 26.1. The number of carbonyl (C=O) groups excluding carboxylic acids is 3. The Morgan fingerprint density at radius 1 is 0.776 bits per heavy atom. The number of hydrogen-bond acceptors (Lipinski definition) is 6. The van der Waals surface area contributed by atoms with Gasteiger partial charge < -0.3 is 25.4 Å². The van der Waals surface area contributed by atoms with Crippen LogP contribution in [0.2, 0.25) is 0 Å². The molecule has 4 aromatic rings. The normalized spacial score (nSPS) is 11.5. The van der Waals surface area contributed by atoms with Crippen molar-refractivity contribution in [1.29, 1.82) is 0 Å². The van der Waals surface area contributed by atoms with Crippen molar-refractivity contribution >= 4 is 46.9 Å². The van der Waals surface area contributed by atoms with E-state index in [0.717, 1.165) is 11.8 Å². The van der Waals surface area contributed by atoms with Gasteiger partial charge in [0.1, 0.15) is 16.9 Å². The van der Waals surface area contributed by atoms with Crippen molar-refractivity contribution in [2.75, 3.05) is 30.6 Å². The number of hydrogen-bond donors (Lipinski definition) is 3. The summed E-state index contributed by atoms with van der Waals surface area (Å²) in [5, 5.41) is 6.77. The van der Waals surface area contributed by atoms with Crippen LogP contribution < -0.4 is 25.4 Å². The average Bonchev–Trinajstić information content (AvgIpc) is 3.08. The Kier molecular flexibility index (Phi) is 11.6. The van der Waals surface area contributed by atoms with Crippen molar-refractivity contribution in [3.8, 4) is 11.5 Å². The number of thioether (sulfide) groups is 1. The van der Waals surface area contributed by atoms with Crippen LogP contribution >= 0.6 is 11.8 Å². The zero-order valence-electron chi connectivity index (χ0n) is 25.3. The maximum Gasteiger partial charge on any atom is 0.422 e. The first kappa shape index (κ1) is 36.3. The van der Waals surface area contributed by atoms with Crippen molar-refractivity contribution in [1.82, 2.24) is 5.32 Å². The van der Waals surface area contributed by atoms with Crippen LogP contribution in [-0.2, 0) is 15.8 Å². The second-order valence-corrected chi connectivity index (χ2v) is 10.8. The van der Waals surface area contributed by atoms with Crippen LogP contribution in [0.15, 0.2) is 83.4 Å². The number of anilines is 2. The van der Waals surface area contributed by atoms with Gasteiger partial charge in [-0.1, -0.05) is 30.3 Å². The molecule has 8 nitrogen and oxygen atoms in total. The van der Waals surface area contributed by atoms with Crippen molar-refractivity contribution in [3.63, 3.8) is 0 Å². The molecule has 0 aliphatic carbocycles. The van der Waals surface area contributed by atoms with Crippen LogP contribution in [0.4, 0.5) is 42.1 Å². The summed E-state index contributed by atoms with van der Waals surface area (Å²) in [6, 6.07) is 18.8. The quantitative estimate of drug-likeness (QED) is 0.0649. The van der Waals surface area contributed by atoms with E-state index in [4.69, 9.17) is 9.47 Å². The number of halogens is 7. The molecule has 0 aliphatic heterocycles. The van der Waals surface area contributed by atoms with Gasteiger partial charge in [0.2, 0.25) is 5.91 Å². The van der Waals surface area contributed by atoms with Gasteiger partial charge in [-0.3, -0.25) is 14.4 Å². The number of alkyl halides is 3. The second-order valence-electron chi connectivity index (χ2n) is 9.78. The molecule has 0 aromatic heterocycles. The summed E-state index contributed by atoms with van der Waals surface area (Å²) in [6.45, 7) is 0. The molecular formula is C33H24F7N3O5S. The van der Waals surface area contributed by atoms with Gasteiger partial charge in [0, 0.05) is 21.7 Å². The van der Waals surface area contributed by atoms with E-state index in [1.165, 1.54) is 44.6 Å². The summed E-state index contributed by atoms with van der Waals surface area (Å²) < 4.78 is 105. The van der Waals surface area contributed by atoms with E-state index < -0.39 is 64.2 Å². The molecule has 0 saturated carbocycles. The number of nitrogens with one attached hydrogen (secondary N) is 3. The van der Waals surface area contributed by atoms with Crippen molar-refractivity contribution in [2.45, 2.75) is 11.1 Å². The van der Waals surface area contributed by atoms with Gasteiger partial charge in [0.05, 0.1) is 20.0 Å². The molecule has 3 amide bonds. The minimum atomic E-state index is -5.72. The summed E-state index contributed by atoms with van der Waals surface area (Å²) in [4.78, 5) is 39.0. The molecule has 256 valence electrons. The highest BCUT2D eigenvalue weighted by atomic mass is 32.2. The number of rotatable bonds is 11. The fraction of sp³-hybridized carbons (Fsp3) is 0.121. The van der Waals surface area contributed by atoms with Crippen molar-refractivity contribution < 1.29 is 54.6 Å². The van der Waals surface area contributed by atoms with Gasteiger partial charge in [-0.25, -0.2) is 17.6 Å². The third kappa shape index (κ3) is 8.70. The first-order valence-corrected chi connectivity index (χ1v) is 14.8. The highest BCUT2D eigenvalue weighted by Gasteiger charge is 2.42. The molecule has 49 heavy (non-hydrogen) atoms. The molecule has 0 unspecified atom stereocenters. The first-order valence-electron chi connectivity index (χ1n) is 13.8. The predicted molar refractivity (Wildman–Crippen MR) is 167 cm³/mol. The monoisotopic (exact) mass is 707 g/mol. The van der Waals surface area contributed by atoms with E-state index in [1.54, 1.807) is 53.8 Å². The number of para-hydroxylation sites is 1. The lowest BCUT2D eigenvalue weighted by molar-refractivity contribution is -0.143. The molecule has 0 bridgehead atoms. The molecule has 0 fully saturated rings. The van der Waals surface area contributed by atoms with Crippen LogP contribution in [0.25, 0.3) is 6.08 Å². The molecule has 3 N–H and O–H groups in total. The number of benzene rings is 4. The summed E-state index contributed by atoms with van der Waals surface area (Å²) in [6.07, 6.45) is -4.34. The molecule has 0 aliphatic rings. The molecule has 4 rings (SSSR count). The van der Waals surface area contributed by atoms with Crippen molar-refractivity contribution in [2.24, 2.45) is 0 Å². The van der Waals surface area contributed by atoms with E-state index in [0.29, 0.717) is 22.0 Å². The molecule has 4 aromatic carbocycles. The topological polar surface area (TPSA) is 106 Å². The molecule has 0 saturated heterocycles. The highest BCUT2D eigenvalue weighted by Crippen LogP contribution is 2.38. The number of methoxy groups -OCH3 is 2. The molecule has 0 heterocycles. The Labute approximate surface area is 278 Å². The average molecular weight is 708 g/mol. The Morgan fingerprint density at radius 3 is 1.98 bits per heavy atom. The van der Waals surface area contributed by atoms with Gasteiger partial charge in [0.15, 0.2) is 34.8 Å². The van der Waals surface area contributed by atoms with E-state index in [-0.39, 0.29) is 16.9 Å². The second kappa shape index (κ2) is 15.6. The largest absolute Gasteiger partial charge is 0.493 e. The molecule has 0 atom stereocenters. The Hall–Kier alpha value is -5.51. The maximum absolute atomic E-state index is 14.1. The van der Waals surface area contributed by atoms with E-state index in [9.17, 15) is 45.1 Å². The lowest BCUT2D eigenvalue weighted by Crippen LogP contribution is -2.30. The maximum atomic E-state index is 14.1. The summed E-state index contributed by atoms with van der Waals surface area (Å²) in [5.41, 5.74) is -3.69. The van der Waals surface area contributed by atoms with Crippen LogP contribution in [0.5, 0.6) is 11.5 Å². The Balaban J connectivity index is 1.47. The fourth-order valence-corrected chi connectivity index (χ4v) is 4.97. The van der Waals surface area contributed by atoms with Gasteiger partial charge in [-0.2, -0.15) is 13.2 Å². The van der Waals surface area contributed by atoms with Crippen molar-refractivity contribution in [3.05, 3.63) is 118 Å². The van der Waals surface area contributed by atoms with E-state index in [2.05, 4.69) is 10.6 Å². The standard InChI is InChI=1S/C33H24F7N3O5S/c1-47-22-10-6-9-18(30(22)48-2)15-21(42-31(45)17-7-4-3-5-8-17)32(46)41-19-11-13-20(14-12-19)49-16-23(44)43-29-27(36)25(34)24(33(38,39)40)26(35)28(29)37/h3-15H,16H2,1-2H3,(H,41,46)(H,42,45)(H,43,44)/b21-15-. The Morgan fingerprint density at radius 2 is 1.41 bits per heavy atom. The lowest BCUT2D eigenvalue weighted by Gasteiger charge is -2.15. The van der Waals surface area contributed by atoms with Gasteiger partial charge in [0.25, 0.3) is 11.8 Å². The fourth-order valence-electron chi connectivity index (χ4n) is 4.27. The third-order valence-electron chi connectivity index (χ3n) is 6.56. The molecule has 0 spiro atoms. The Bertz CT molecular complexity index is 1870. The molecule has 16 heteroatoms. The van der Waals surface area contributed by atoms with Crippen LogP contribution in [0, 0.1) is 23.3 Å². The molecular weight excluding hydrogens is 683 g/mol. The SMILES string of the molecule is COc1cccc(/C=C(\NC(=O)c2ccccc2)C(=O)Nc2ccc(SCC(=O)Nc3c(F)c(F)c(C(F)(F)F)c(F)c3F)cc2)c1OC.